The van der Waals surface area contributed by atoms with Crippen molar-refractivity contribution in [2.24, 2.45) is 0 Å². The highest BCUT2D eigenvalue weighted by molar-refractivity contribution is 8.00. The van der Waals surface area contributed by atoms with Crippen molar-refractivity contribution in [1.82, 2.24) is 10.2 Å². The van der Waals surface area contributed by atoms with E-state index in [1.54, 1.807) is 7.11 Å². The Balaban J connectivity index is 1.64. The normalized spacial score (nSPS) is 14.0. The van der Waals surface area contributed by atoms with Crippen molar-refractivity contribution in [3.8, 4) is 5.75 Å². The van der Waals surface area contributed by atoms with Gasteiger partial charge in [-0.2, -0.15) is 0 Å². The molecule has 0 atom stereocenters. The number of benzene rings is 1. The zero-order chi connectivity index (χ0) is 15.8. The van der Waals surface area contributed by atoms with Crippen molar-refractivity contribution in [3.63, 3.8) is 0 Å². The summed E-state index contributed by atoms with van der Waals surface area (Å²) in [4.78, 5) is 26.5. The number of carbonyl (C=O) groups is 2. The summed E-state index contributed by atoms with van der Waals surface area (Å²) in [5.74, 6) is 1.20. The summed E-state index contributed by atoms with van der Waals surface area (Å²) < 4.78 is 5.15. The maximum atomic E-state index is 11.8. The molecule has 1 heterocycles. The van der Waals surface area contributed by atoms with Crippen LogP contribution in [0.2, 0.25) is 0 Å². The van der Waals surface area contributed by atoms with Crippen LogP contribution in [0.15, 0.2) is 29.2 Å². The summed E-state index contributed by atoms with van der Waals surface area (Å²) >= 11 is 1.45. The molecule has 0 saturated carbocycles. The highest BCUT2D eigenvalue weighted by Gasteiger charge is 2.17. The number of hydrogen-bond donors (Lipinski definition) is 1. The molecule has 22 heavy (non-hydrogen) atoms. The van der Waals surface area contributed by atoms with Crippen LogP contribution >= 0.6 is 11.8 Å². The van der Waals surface area contributed by atoms with Gasteiger partial charge in [0, 0.05) is 31.0 Å². The fourth-order valence-corrected chi connectivity index (χ4v) is 3.10. The summed E-state index contributed by atoms with van der Waals surface area (Å²) in [5, 5.41) is 2.80. The van der Waals surface area contributed by atoms with Gasteiger partial charge in [-0.3, -0.25) is 9.59 Å². The maximum absolute atomic E-state index is 11.8. The number of likely N-dealkylation sites (tertiary alicyclic amines) is 1. The van der Waals surface area contributed by atoms with E-state index in [0.29, 0.717) is 18.7 Å². The monoisotopic (exact) mass is 322 g/mol. The standard InChI is InChI=1S/C16H22N2O3S/c1-21-13-5-4-6-14(11-13)22-12-15(19)17-8-7-16(20)18-9-2-3-10-18/h4-6,11H,2-3,7-10,12H2,1H3,(H,17,19). The summed E-state index contributed by atoms with van der Waals surface area (Å²) in [5.41, 5.74) is 0. The summed E-state index contributed by atoms with van der Waals surface area (Å²) in [6.45, 7) is 2.13. The molecule has 0 aromatic heterocycles. The molecule has 2 rings (SSSR count). The molecule has 0 radical (unpaired) electrons. The van der Waals surface area contributed by atoms with Crippen LogP contribution in [0.3, 0.4) is 0 Å². The molecular formula is C16H22N2O3S. The SMILES string of the molecule is COc1cccc(SCC(=O)NCCC(=O)N2CCCC2)c1. The largest absolute Gasteiger partial charge is 0.497 e. The lowest BCUT2D eigenvalue weighted by molar-refractivity contribution is -0.130. The van der Waals surface area contributed by atoms with Gasteiger partial charge in [0.15, 0.2) is 0 Å². The lowest BCUT2D eigenvalue weighted by atomic mass is 10.3. The molecule has 1 aromatic carbocycles. The second-order valence-electron chi connectivity index (χ2n) is 5.16. The molecule has 120 valence electrons. The Kier molecular flexibility index (Phi) is 6.58. The van der Waals surface area contributed by atoms with Crippen LogP contribution in [0.25, 0.3) is 0 Å². The van der Waals surface area contributed by atoms with E-state index in [-0.39, 0.29) is 11.8 Å². The minimum absolute atomic E-state index is 0.0537. The molecule has 6 heteroatoms. The molecule has 1 aromatic rings. The van der Waals surface area contributed by atoms with Crippen molar-refractivity contribution in [1.29, 1.82) is 0 Å². The second-order valence-corrected chi connectivity index (χ2v) is 6.20. The van der Waals surface area contributed by atoms with E-state index in [4.69, 9.17) is 4.74 Å². The fourth-order valence-electron chi connectivity index (χ4n) is 2.32. The Bertz CT molecular complexity index is 516. The van der Waals surface area contributed by atoms with E-state index in [2.05, 4.69) is 5.32 Å². The first-order chi connectivity index (χ1) is 10.7. The molecule has 1 saturated heterocycles. The van der Waals surface area contributed by atoms with Crippen molar-refractivity contribution in [2.45, 2.75) is 24.2 Å². The van der Waals surface area contributed by atoms with Crippen LogP contribution < -0.4 is 10.1 Å². The third kappa shape index (κ3) is 5.26. The van der Waals surface area contributed by atoms with Gasteiger partial charge in [0.2, 0.25) is 11.8 Å². The Labute approximate surface area is 135 Å². The molecule has 1 aliphatic rings. The number of rotatable bonds is 7. The Morgan fingerprint density at radius 3 is 2.82 bits per heavy atom. The maximum Gasteiger partial charge on any atom is 0.230 e. The first kappa shape index (κ1) is 16.7. The second kappa shape index (κ2) is 8.68. The van der Waals surface area contributed by atoms with Crippen LogP contribution in [-0.4, -0.2) is 49.2 Å². The van der Waals surface area contributed by atoms with Crippen LogP contribution in [0.5, 0.6) is 5.75 Å². The zero-order valence-corrected chi connectivity index (χ0v) is 13.7. The van der Waals surface area contributed by atoms with Crippen molar-refractivity contribution < 1.29 is 14.3 Å². The van der Waals surface area contributed by atoms with Crippen molar-refractivity contribution >= 4 is 23.6 Å². The molecule has 1 N–H and O–H groups in total. The first-order valence-corrected chi connectivity index (χ1v) is 8.49. The Morgan fingerprint density at radius 2 is 2.09 bits per heavy atom. The van der Waals surface area contributed by atoms with E-state index in [1.807, 2.05) is 29.2 Å². The zero-order valence-electron chi connectivity index (χ0n) is 12.8. The fraction of sp³-hybridized carbons (Fsp3) is 0.500. The van der Waals surface area contributed by atoms with Gasteiger partial charge in [0.05, 0.1) is 12.9 Å². The van der Waals surface area contributed by atoms with E-state index in [9.17, 15) is 9.59 Å². The average Bonchev–Trinajstić information content (AvgIpc) is 3.07. The minimum atomic E-state index is -0.0537. The first-order valence-electron chi connectivity index (χ1n) is 7.50. The molecule has 0 unspecified atom stereocenters. The predicted molar refractivity (Wildman–Crippen MR) is 87.2 cm³/mol. The summed E-state index contributed by atoms with van der Waals surface area (Å²) in [6.07, 6.45) is 2.57. The highest BCUT2D eigenvalue weighted by Crippen LogP contribution is 2.22. The molecule has 2 amide bonds. The molecule has 0 spiro atoms. The molecule has 0 aliphatic carbocycles. The quantitative estimate of drug-likeness (QED) is 0.779. The number of nitrogens with zero attached hydrogens (tertiary/aromatic N) is 1. The van der Waals surface area contributed by atoms with Gasteiger partial charge >= 0.3 is 0 Å². The van der Waals surface area contributed by atoms with Crippen LogP contribution in [0, 0.1) is 0 Å². The molecule has 1 fully saturated rings. The predicted octanol–water partition coefficient (Wildman–Crippen LogP) is 1.92. The van der Waals surface area contributed by atoms with Gasteiger partial charge in [0.1, 0.15) is 5.75 Å². The topological polar surface area (TPSA) is 58.6 Å². The average molecular weight is 322 g/mol. The van der Waals surface area contributed by atoms with Gasteiger partial charge in [-0.1, -0.05) is 6.07 Å². The van der Waals surface area contributed by atoms with Gasteiger partial charge in [-0.15, -0.1) is 11.8 Å². The number of thioether (sulfide) groups is 1. The Hall–Kier alpha value is -1.69. The molecule has 1 aliphatic heterocycles. The molecular weight excluding hydrogens is 300 g/mol. The van der Waals surface area contributed by atoms with Crippen molar-refractivity contribution in [3.05, 3.63) is 24.3 Å². The number of carbonyl (C=O) groups excluding carboxylic acids is 2. The lowest BCUT2D eigenvalue weighted by Crippen LogP contribution is -2.33. The van der Waals surface area contributed by atoms with Crippen LogP contribution in [0.1, 0.15) is 19.3 Å². The summed E-state index contributed by atoms with van der Waals surface area (Å²) in [7, 11) is 1.62. The number of ether oxygens (including phenoxy) is 1. The number of methoxy groups -OCH3 is 1. The van der Waals surface area contributed by atoms with Crippen LogP contribution in [-0.2, 0) is 9.59 Å². The van der Waals surface area contributed by atoms with E-state index in [1.165, 1.54) is 11.8 Å². The van der Waals surface area contributed by atoms with Gasteiger partial charge in [-0.05, 0) is 31.0 Å². The van der Waals surface area contributed by atoms with E-state index in [0.717, 1.165) is 36.6 Å². The number of nitrogens with one attached hydrogen (secondary N) is 1. The smallest absolute Gasteiger partial charge is 0.230 e. The van der Waals surface area contributed by atoms with E-state index >= 15 is 0 Å². The van der Waals surface area contributed by atoms with Crippen molar-refractivity contribution in [2.75, 3.05) is 32.5 Å². The third-order valence-corrected chi connectivity index (χ3v) is 4.52. The van der Waals surface area contributed by atoms with E-state index < -0.39 is 0 Å². The highest BCUT2D eigenvalue weighted by atomic mass is 32.2. The third-order valence-electron chi connectivity index (χ3n) is 3.53. The Morgan fingerprint density at radius 1 is 1.32 bits per heavy atom. The summed E-state index contributed by atoms with van der Waals surface area (Å²) in [6, 6.07) is 7.61. The molecule has 5 nitrogen and oxygen atoms in total. The van der Waals surface area contributed by atoms with Crippen LogP contribution in [0.4, 0.5) is 0 Å². The van der Waals surface area contributed by atoms with Gasteiger partial charge in [0.25, 0.3) is 0 Å². The number of amides is 2. The van der Waals surface area contributed by atoms with Gasteiger partial charge < -0.3 is 15.0 Å². The number of hydrogen-bond acceptors (Lipinski definition) is 4. The van der Waals surface area contributed by atoms with Gasteiger partial charge in [-0.25, -0.2) is 0 Å². The molecule has 0 bridgehead atoms. The lowest BCUT2D eigenvalue weighted by Gasteiger charge is -2.15. The minimum Gasteiger partial charge on any atom is -0.497 e.